The molecule has 0 amide bonds. The van der Waals surface area contributed by atoms with Crippen molar-refractivity contribution < 1.29 is 14.6 Å². The van der Waals surface area contributed by atoms with E-state index in [4.69, 9.17) is 32.7 Å². The molecule has 1 rings (SSSR count). The summed E-state index contributed by atoms with van der Waals surface area (Å²) in [6.45, 7) is 0.0258. The van der Waals surface area contributed by atoms with Crippen LogP contribution in [0.2, 0.25) is 0 Å². The van der Waals surface area contributed by atoms with Gasteiger partial charge in [0, 0.05) is 0 Å². The number of methoxy groups -OCH3 is 1. The third-order valence-corrected chi connectivity index (χ3v) is 2.35. The van der Waals surface area contributed by atoms with Crippen LogP contribution in [0, 0.1) is 0 Å². The average Bonchev–Trinajstić information content (AvgIpc) is 2.26. The second kappa shape index (κ2) is 6.05. The lowest BCUT2D eigenvalue weighted by atomic mass is 10.3. The minimum Gasteiger partial charge on any atom is -0.493 e. The van der Waals surface area contributed by atoms with Crippen LogP contribution in [0.4, 0.5) is 0 Å². The fraction of sp³-hybridized carbons (Fsp3) is 0.400. The van der Waals surface area contributed by atoms with Crippen LogP contribution < -0.4 is 9.47 Å². The van der Waals surface area contributed by atoms with E-state index < -0.39 is 10.9 Å². The SMILES string of the molecule is COc1ccccc1OCC(O)C(Cl)Cl. The van der Waals surface area contributed by atoms with Gasteiger partial charge in [-0.1, -0.05) is 12.1 Å². The fourth-order valence-corrected chi connectivity index (χ4v) is 1.13. The molecule has 84 valence electrons. The molecule has 0 saturated carbocycles. The van der Waals surface area contributed by atoms with Gasteiger partial charge in [0.25, 0.3) is 0 Å². The maximum absolute atomic E-state index is 9.32. The highest BCUT2D eigenvalue weighted by Crippen LogP contribution is 2.26. The van der Waals surface area contributed by atoms with E-state index in [9.17, 15) is 5.11 Å². The van der Waals surface area contributed by atoms with Crippen molar-refractivity contribution in [3.8, 4) is 11.5 Å². The van der Waals surface area contributed by atoms with Crippen LogP contribution in [-0.4, -0.2) is 29.8 Å². The Bertz CT molecular complexity index is 304. The molecule has 1 N–H and O–H groups in total. The van der Waals surface area contributed by atoms with Crippen LogP contribution in [0.25, 0.3) is 0 Å². The van der Waals surface area contributed by atoms with Crippen LogP contribution in [0.15, 0.2) is 24.3 Å². The van der Waals surface area contributed by atoms with Crippen molar-refractivity contribution in [2.24, 2.45) is 0 Å². The largest absolute Gasteiger partial charge is 0.493 e. The highest BCUT2D eigenvalue weighted by atomic mass is 35.5. The normalized spacial score (nSPS) is 12.6. The first-order valence-electron chi connectivity index (χ1n) is 4.37. The Morgan fingerprint density at radius 1 is 1.27 bits per heavy atom. The number of para-hydroxylation sites is 2. The fourth-order valence-electron chi connectivity index (χ4n) is 0.986. The first-order valence-corrected chi connectivity index (χ1v) is 5.24. The quantitative estimate of drug-likeness (QED) is 0.815. The van der Waals surface area contributed by atoms with Gasteiger partial charge in [0.2, 0.25) is 0 Å². The molecule has 0 aliphatic heterocycles. The number of aliphatic hydroxyl groups is 1. The number of rotatable bonds is 5. The summed E-state index contributed by atoms with van der Waals surface area (Å²) >= 11 is 10.9. The number of benzene rings is 1. The lowest BCUT2D eigenvalue weighted by molar-refractivity contribution is 0.116. The van der Waals surface area contributed by atoms with Gasteiger partial charge in [0.15, 0.2) is 11.5 Å². The molecule has 0 saturated heterocycles. The Morgan fingerprint density at radius 2 is 1.87 bits per heavy atom. The minimum atomic E-state index is -0.918. The lowest BCUT2D eigenvalue weighted by Gasteiger charge is -2.14. The van der Waals surface area contributed by atoms with Crippen LogP contribution in [0.1, 0.15) is 0 Å². The molecule has 0 bridgehead atoms. The van der Waals surface area contributed by atoms with E-state index >= 15 is 0 Å². The Kier molecular flexibility index (Phi) is 5.02. The molecule has 0 aromatic heterocycles. The zero-order valence-corrected chi connectivity index (χ0v) is 9.70. The number of halogens is 2. The third kappa shape index (κ3) is 3.78. The molecular weight excluding hydrogens is 239 g/mol. The van der Waals surface area contributed by atoms with E-state index in [1.54, 1.807) is 19.2 Å². The molecule has 1 aromatic rings. The molecule has 0 fully saturated rings. The summed E-state index contributed by atoms with van der Waals surface area (Å²) in [5, 5.41) is 9.32. The second-order valence-electron chi connectivity index (χ2n) is 2.86. The Labute approximate surface area is 98.5 Å². The van der Waals surface area contributed by atoms with Gasteiger partial charge in [-0.15, -0.1) is 23.2 Å². The molecule has 1 aromatic carbocycles. The van der Waals surface area contributed by atoms with Gasteiger partial charge in [-0.25, -0.2) is 0 Å². The monoisotopic (exact) mass is 250 g/mol. The molecule has 3 nitrogen and oxygen atoms in total. The summed E-state index contributed by atoms with van der Waals surface area (Å²) in [5.41, 5.74) is 0. The average molecular weight is 251 g/mol. The van der Waals surface area contributed by atoms with Crippen molar-refractivity contribution in [3.05, 3.63) is 24.3 Å². The molecule has 5 heteroatoms. The first kappa shape index (κ1) is 12.4. The van der Waals surface area contributed by atoms with Crippen molar-refractivity contribution in [1.29, 1.82) is 0 Å². The first-order chi connectivity index (χ1) is 7.15. The smallest absolute Gasteiger partial charge is 0.161 e. The Morgan fingerprint density at radius 3 is 2.40 bits per heavy atom. The van der Waals surface area contributed by atoms with E-state index in [1.807, 2.05) is 12.1 Å². The van der Waals surface area contributed by atoms with E-state index in [-0.39, 0.29) is 6.61 Å². The number of hydrogen-bond acceptors (Lipinski definition) is 3. The van der Waals surface area contributed by atoms with Crippen molar-refractivity contribution in [2.75, 3.05) is 13.7 Å². The Balaban J connectivity index is 2.57. The molecule has 0 aliphatic rings. The molecule has 0 radical (unpaired) electrons. The van der Waals surface area contributed by atoms with Crippen molar-refractivity contribution >= 4 is 23.2 Å². The van der Waals surface area contributed by atoms with Crippen LogP contribution in [0.5, 0.6) is 11.5 Å². The summed E-state index contributed by atoms with van der Waals surface area (Å²) in [5.74, 6) is 1.15. The zero-order valence-electron chi connectivity index (χ0n) is 8.19. The number of aliphatic hydroxyl groups excluding tert-OH is 1. The van der Waals surface area contributed by atoms with Gasteiger partial charge in [0.1, 0.15) is 17.5 Å². The predicted molar refractivity (Wildman–Crippen MR) is 60.0 cm³/mol. The van der Waals surface area contributed by atoms with Crippen molar-refractivity contribution in [1.82, 2.24) is 0 Å². The second-order valence-corrected chi connectivity index (χ2v) is 4.03. The van der Waals surface area contributed by atoms with Gasteiger partial charge in [-0.3, -0.25) is 0 Å². The van der Waals surface area contributed by atoms with Gasteiger partial charge in [0.05, 0.1) is 7.11 Å². The predicted octanol–water partition coefficient (Wildman–Crippen LogP) is 2.24. The van der Waals surface area contributed by atoms with Crippen LogP contribution in [-0.2, 0) is 0 Å². The molecule has 0 heterocycles. The summed E-state index contributed by atoms with van der Waals surface area (Å²) in [4.78, 5) is -0.861. The summed E-state index contributed by atoms with van der Waals surface area (Å²) < 4.78 is 10.4. The van der Waals surface area contributed by atoms with Crippen molar-refractivity contribution in [2.45, 2.75) is 10.9 Å². The summed E-state index contributed by atoms with van der Waals surface area (Å²) in [6, 6.07) is 7.14. The number of alkyl halides is 2. The van der Waals surface area contributed by atoms with Gasteiger partial charge in [-0.2, -0.15) is 0 Å². The maximum Gasteiger partial charge on any atom is 0.161 e. The highest BCUT2D eigenvalue weighted by molar-refractivity contribution is 6.44. The van der Waals surface area contributed by atoms with E-state index in [0.717, 1.165) is 0 Å². The summed E-state index contributed by atoms with van der Waals surface area (Å²) in [7, 11) is 1.55. The maximum atomic E-state index is 9.32. The third-order valence-electron chi connectivity index (χ3n) is 1.77. The topological polar surface area (TPSA) is 38.7 Å². The number of hydrogen-bond donors (Lipinski definition) is 1. The molecule has 15 heavy (non-hydrogen) atoms. The van der Waals surface area contributed by atoms with E-state index in [2.05, 4.69) is 0 Å². The standard InChI is InChI=1S/C10H12Cl2O3/c1-14-8-4-2-3-5-9(8)15-6-7(13)10(11)12/h2-5,7,10,13H,6H2,1H3. The van der Waals surface area contributed by atoms with Gasteiger partial charge in [-0.05, 0) is 12.1 Å². The number of ether oxygens (including phenoxy) is 2. The lowest BCUT2D eigenvalue weighted by Crippen LogP contribution is -2.24. The van der Waals surface area contributed by atoms with Crippen LogP contribution in [0.3, 0.4) is 0 Å². The molecule has 0 aliphatic carbocycles. The molecule has 1 unspecified atom stereocenters. The molecular formula is C10H12Cl2O3. The summed E-state index contributed by atoms with van der Waals surface area (Å²) in [6.07, 6.45) is -0.918. The molecule has 1 atom stereocenters. The Hall–Kier alpha value is -0.640. The minimum absolute atomic E-state index is 0.0258. The van der Waals surface area contributed by atoms with Crippen molar-refractivity contribution in [3.63, 3.8) is 0 Å². The van der Waals surface area contributed by atoms with Gasteiger partial charge >= 0.3 is 0 Å². The van der Waals surface area contributed by atoms with E-state index in [0.29, 0.717) is 11.5 Å². The van der Waals surface area contributed by atoms with Crippen LogP contribution >= 0.6 is 23.2 Å². The zero-order chi connectivity index (χ0) is 11.3. The van der Waals surface area contributed by atoms with E-state index in [1.165, 1.54) is 0 Å². The molecule has 0 spiro atoms. The highest BCUT2D eigenvalue weighted by Gasteiger charge is 2.14. The van der Waals surface area contributed by atoms with Gasteiger partial charge < -0.3 is 14.6 Å².